The third-order valence-electron chi connectivity index (χ3n) is 2.86. The molecule has 1 saturated heterocycles. The molecule has 1 aliphatic rings. The second-order valence-corrected chi connectivity index (χ2v) is 4.97. The summed E-state index contributed by atoms with van der Waals surface area (Å²) in [6, 6.07) is 3.84. The first-order valence-corrected chi connectivity index (χ1v) is 6.69. The van der Waals surface area contributed by atoms with Crippen molar-refractivity contribution >= 4 is 22.4 Å². The van der Waals surface area contributed by atoms with Gasteiger partial charge in [-0.1, -0.05) is 0 Å². The van der Waals surface area contributed by atoms with E-state index in [4.69, 9.17) is 5.73 Å². The van der Waals surface area contributed by atoms with Crippen LogP contribution in [0.1, 0.15) is 0 Å². The molecule has 94 valence electrons. The highest BCUT2D eigenvalue weighted by Gasteiger charge is 2.20. The molecule has 0 spiro atoms. The van der Waals surface area contributed by atoms with Crippen LogP contribution in [0.5, 0.6) is 0 Å². The minimum Gasteiger partial charge on any atom is -0.329 e. The van der Waals surface area contributed by atoms with Gasteiger partial charge in [-0.15, -0.1) is 11.3 Å². The first-order valence-electron chi connectivity index (χ1n) is 5.81. The fourth-order valence-electron chi connectivity index (χ4n) is 1.89. The number of anilines is 1. The summed E-state index contributed by atoms with van der Waals surface area (Å²) in [6.45, 7) is 4.97. The Kier molecular flexibility index (Phi) is 4.36. The van der Waals surface area contributed by atoms with E-state index in [1.807, 2.05) is 22.4 Å². The average Bonchev–Trinajstić information content (AvgIpc) is 2.83. The van der Waals surface area contributed by atoms with Gasteiger partial charge in [-0.25, -0.2) is 4.79 Å². The van der Waals surface area contributed by atoms with Crippen molar-refractivity contribution in [2.75, 3.05) is 44.6 Å². The Bertz CT molecular complexity index is 346. The average molecular weight is 254 g/mol. The Balaban J connectivity index is 1.78. The Labute approximate surface area is 105 Å². The molecule has 0 aromatic carbocycles. The van der Waals surface area contributed by atoms with E-state index in [9.17, 15) is 4.79 Å². The quantitative estimate of drug-likeness (QED) is 0.841. The van der Waals surface area contributed by atoms with Crippen molar-refractivity contribution < 1.29 is 4.79 Å². The fraction of sp³-hybridized carbons (Fsp3) is 0.545. The highest BCUT2D eigenvalue weighted by atomic mass is 32.1. The molecule has 3 N–H and O–H groups in total. The third kappa shape index (κ3) is 3.42. The second-order valence-electron chi connectivity index (χ2n) is 4.02. The summed E-state index contributed by atoms with van der Waals surface area (Å²) in [4.78, 5) is 16.0. The number of nitrogens with zero attached hydrogens (tertiary/aromatic N) is 2. The lowest BCUT2D eigenvalue weighted by Gasteiger charge is -2.34. The zero-order valence-electron chi connectivity index (χ0n) is 9.76. The van der Waals surface area contributed by atoms with Gasteiger partial charge in [0.2, 0.25) is 0 Å². The lowest BCUT2D eigenvalue weighted by atomic mass is 10.3. The van der Waals surface area contributed by atoms with Gasteiger partial charge in [0.25, 0.3) is 0 Å². The molecule has 1 aliphatic heterocycles. The van der Waals surface area contributed by atoms with E-state index < -0.39 is 0 Å². The van der Waals surface area contributed by atoms with E-state index in [0.29, 0.717) is 6.54 Å². The molecular weight excluding hydrogens is 236 g/mol. The molecule has 6 heteroatoms. The summed E-state index contributed by atoms with van der Waals surface area (Å²) in [7, 11) is 0. The van der Waals surface area contributed by atoms with Gasteiger partial charge >= 0.3 is 6.03 Å². The minimum atomic E-state index is -0.000140. The number of carbonyl (C=O) groups is 1. The van der Waals surface area contributed by atoms with Crippen LogP contribution in [-0.2, 0) is 0 Å². The minimum absolute atomic E-state index is 0.000140. The standard InChI is InChI=1S/C11H18N4OS/c12-3-4-14-5-7-15(8-6-14)11(16)13-10-2-1-9-17-10/h1-2,9H,3-8,12H2,(H,13,16). The first kappa shape index (κ1) is 12.3. The molecule has 1 aromatic rings. The molecule has 2 amide bonds. The predicted molar refractivity (Wildman–Crippen MR) is 70.4 cm³/mol. The summed E-state index contributed by atoms with van der Waals surface area (Å²) in [6.07, 6.45) is 0. The van der Waals surface area contributed by atoms with E-state index in [1.54, 1.807) is 0 Å². The highest BCUT2D eigenvalue weighted by molar-refractivity contribution is 7.14. The number of piperazine rings is 1. The lowest BCUT2D eigenvalue weighted by molar-refractivity contribution is 0.149. The first-order chi connectivity index (χ1) is 8.29. The van der Waals surface area contributed by atoms with Crippen molar-refractivity contribution in [3.63, 3.8) is 0 Å². The molecule has 1 fully saturated rings. The number of rotatable bonds is 3. The summed E-state index contributed by atoms with van der Waals surface area (Å²) in [5.74, 6) is 0. The smallest absolute Gasteiger partial charge is 0.322 e. The molecule has 0 bridgehead atoms. The van der Waals surface area contributed by atoms with Gasteiger partial charge in [0.1, 0.15) is 0 Å². The van der Waals surface area contributed by atoms with Crippen molar-refractivity contribution in [1.29, 1.82) is 0 Å². The van der Waals surface area contributed by atoms with Crippen LogP contribution >= 0.6 is 11.3 Å². The number of nitrogens with one attached hydrogen (secondary N) is 1. The number of urea groups is 1. The molecule has 0 aliphatic carbocycles. The molecular formula is C11H18N4OS. The monoisotopic (exact) mass is 254 g/mol. The van der Waals surface area contributed by atoms with Crippen molar-refractivity contribution in [2.45, 2.75) is 0 Å². The van der Waals surface area contributed by atoms with Gasteiger partial charge in [-0.05, 0) is 17.5 Å². The highest BCUT2D eigenvalue weighted by Crippen LogP contribution is 2.15. The number of carbonyl (C=O) groups excluding carboxylic acids is 1. The summed E-state index contributed by atoms with van der Waals surface area (Å²) >= 11 is 1.54. The van der Waals surface area contributed by atoms with E-state index in [1.165, 1.54) is 11.3 Å². The third-order valence-corrected chi connectivity index (χ3v) is 3.64. The van der Waals surface area contributed by atoms with Crippen molar-refractivity contribution in [3.8, 4) is 0 Å². The molecule has 0 radical (unpaired) electrons. The van der Waals surface area contributed by atoms with Gasteiger partial charge in [-0.2, -0.15) is 0 Å². The Hall–Kier alpha value is -1.11. The van der Waals surface area contributed by atoms with Crippen LogP contribution in [0.25, 0.3) is 0 Å². The van der Waals surface area contributed by atoms with Crippen LogP contribution in [0, 0.1) is 0 Å². The number of hydrogen-bond donors (Lipinski definition) is 2. The summed E-state index contributed by atoms with van der Waals surface area (Å²) in [5.41, 5.74) is 5.51. The zero-order chi connectivity index (χ0) is 12.1. The normalized spacial score (nSPS) is 17.1. The van der Waals surface area contributed by atoms with Crippen LogP contribution in [0.4, 0.5) is 9.80 Å². The number of hydrogen-bond acceptors (Lipinski definition) is 4. The lowest BCUT2D eigenvalue weighted by Crippen LogP contribution is -2.50. The van der Waals surface area contributed by atoms with Gasteiger partial charge in [0, 0.05) is 39.3 Å². The van der Waals surface area contributed by atoms with Crippen LogP contribution in [0.15, 0.2) is 17.5 Å². The molecule has 2 rings (SSSR count). The summed E-state index contributed by atoms with van der Waals surface area (Å²) < 4.78 is 0. The van der Waals surface area contributed by atoms with E-state index in [-0.39, 0.29) is 6.03 Å². The van der Waals surface area contributed by atoms with Gasteiger partial charge < -0.3 is 10.6 Å². The molecule has 2 heterocycles. The van der Waals surface area contributed by atoms with Crippen molar-refractivity contribution in [3.05, 3.63) is 17.5 Å². The maximum Gasteiger partial charge on any atom is 0.322 e. The van der Waals surface area contributed by atoms with Gasteiger partial charge in [-0.3, -0.25) is 10.2 Å². The van der Waals surface area contributed by atoms with Crippen LogP contribution in [0.3, 0.4) is 0 Å². The Morgan fingerprint density at radius 1 is 1.41 bits per heavy atom. The number of amides is 2. The fourth-order valence-corrected chi connectivity index (χ4v) is 2.50. The van der Waals surface area contributed by atoms with Crippen molar-refractivity contribution in [2.24, 2.45) is 5.73 Å². The molecule has 0 unspecified atom stereocenters. The van der Waals surface area contributed by atoms with E-state index in [2.05, 4.69) is 10.2 Å². The van der Waals surface area contributed by atoms with Gasteiger partial charge in [0.05, 0.1) is 5.00 Å². The molecule has 0 atom stereocenters. The largest absolute Gasteiger partial charge is 0.329 e. The van der Waals surface area contributed by atoms with Gasteiger partial charge in [0.15, 0.2) is 0 Å². The van der Waals surface area contributed by atoms with Crippen molar-refractivity contribution in [1.82, 2.24) is 9.80 Å². The zero-order valence-corrected chi connectivity index (χ0v) is 10.6. The summed E-state index contributed by atoms with van der Waals surface area (Å²) in [5, 5.41) is 5.76. The van der Waals surface area contributed by atoms with E-state index >= 15 is 0 Å². The Morgan fingerprint density at radius 3 is 2.76 bits per heavy atom. The maximum atomic E-state index is 11.9. The van der Waals surface area contributed by atoms with Crippen LogP contribution in [-0.4, -0.2) is 55.1 Å². The molecule has 1 aromatic heterocycles. The molecule has 0 saturated carbocycles. The number of nitrogens with two attached hydrogens (primary N) is 1. The predicted octanol–water partition coefficient (Wildman–Crippen LogP) is 0.856. The van der Waals surface area contributed by atoms with Crippen LogP contribution in [0.2, 0.25) is 0 Å². The molecule has 17 heavy (non-hydrogen) atoms. The number of thiophene rings is 1. The maximum absolute atomic E-state index is 11.9. The van der Waals surface area contributed by atoms with E-state index in [0.717, 1.165) is 37.7 Å². The Morgan fingerprint density at radius 2 is 2.18 bits per heavy atom. The molecule has 5 nitrogen and oxygen atoms in total. The second kappa shape index (κ2) is 6.00. The topological polar surface area (TPSA) is 61.6 Å². The van der Waals surface area contributed by atoms with Crippen LogP contribution < -0.4 is 11.1 Å². The SMILES string of the molecule is NCCN1CCN(C(=O)Nc2cccs2)CC1.